The van der Waals surface area contributed by atoms with Gasteiger partial charge in [-0.1, -0.05) is 0 Å². The summed E-state index contributed by atoms with van der Waals surface area (Å²) in [7, 11) is 3.52. The number of hydrogen-bond donors (Lipinski definition) is 2. The van der Waals surface area contributed by atoms with Crippen molar-refractivity contribution in [3.8, 4) is 11.3 Å². The van der Waals surface area contributed by atoms with Gasteiger partial charge in [0.2, 0.25) is 5.95 Å². The number of aryl methyl sites for hydroxylation is 1. The second-order valence-corrected chi connectivity index (χ2v) is 6.01. The number of aromatic nitrogens is 6. The maximum absolute atomic E-state index is 12.9. The smallest absolute Gasteiger partial charge is 0.256 e. The van der Waals surface area contributed by atoms with Crippen LogP contribution >= 0.6 is 0 Å². The summed E-state index contributed by atoms with van der Waals surface area (Å²) in [6.45, 7) is 1.26. The molecule has 0 saturated carbocycles. The SMILES string of the molecule is CNc1nc(NC)c2c(-c3ccc4nc(C)n(CC(F)F)c4n3)ccn2n1. The third-order valence-electron chi connectivity index (χ3n) is 4.35. The fraction of sp³-hybridized carbons (Fsp3) is 0.294. The molecule has 0 spiro atoms. The van der Waals surface area contributed by atoms with E-state index in [1.54, 1.807) is 31.6 Å². The third kappa shape index (κ3) is 2.82. The first-order valence-electron chi connectivity index (χ1n) is 8.39. The van der Waals surface area contributed by atoms with Crippen LogP contribution in [-0.2, 0) is 6.54 Å². The molecule has 2 N–H and O–H groups in total. The zero-order valence-corrected chi connectivity index (χ0v) is 15.0. The molecule has 4 rings (SSSR count). The van der Waals surface area contributed by atoms with Gasteiger partial charge in [-0.05, 0) is 25.1 Å². The van der Waals surface area contributed by atoms with Crippen LogP contribution in [0.25, 0.3) is 27.9 Å². The van der Waals surface area contributed by atoms with Gasteiger partial charge >= 0.3 is 0 Å². The van der Waals surface area contributed by atoms with Crippen LogP contribution in [0.1, 0.15) is 5.82 Å². The molecule has 0 amide bonds. The molecule has 0 bridgehead atoms. The molecule has 27 heavy (non-hydrogen) atoms. The summed E-state index contributed by atoms with van der Waals surface area (Å²) in [5, 5.41) is 10.4. The van der Waals surface area contributed by atoms with E-state index in [1.807, 2.05) is 18.3 Å². The zero-order chi connectivity index (χ0) is 19.1. The quantitative estimate of drug-likeness (QED) is 0.560. The Labute approximate surface area is 153 Å². The summed E-state index contributed by atoms with van der Waals surface area (Å²) < 4.78 is 29.0. The summed E-state index contributed by atoms with van der Waals surface area (Å²) in [6.07, 6.45) is -0.673. The predicted molar refractivity (Wildman–Crippen MR) is 99.3 cm³/mol. The van der Waals surface area contributed by atoms with Gasteiger partial charge in [0.05, 0.1) is 12.2 Å². The molecule has 0 atom stereocenters. The second kappa shape index (κ2) is 6.45. The van der Waals surface area contributed by atoms with Crippen LogP contribution in [0.5, 0.6) is 0 Å². The maximum atomic E-state index is 12.9. The number of nitrogens with zero attached hydrogens (tertiary/aromatic N) is 6. The first-order valence-corrected chi connectivity index (χ1v) is 8.39. The maximum Gasteiger partial charge on any atom is 0.256 e. The van der Waals surface area contributed by atoms with E-state index in [0.717, 1.165) is 11.1 Å². The van der Waals surface area contributed by atoms with Crippen LogP contribution in [0, 0.1) is 6.92 Å². The number of anilines is 2. The molecule has 0 aliphatic rings. The van der Waals surface area contributed by atoms with Crippen molar-refractivity contribution >= 4 is 28.4 Å². The number of pyridine rings is 1. The molecular formula is C17H18F2N8. The first kappa shape index (κ1) is 17.1. The summed E-state index contributed by atoms with van der Waals surface area (Å²) in [5.41, 5.74) is 3.20. The number of halogens is 2. The molecule has 4 heterocycles. The van der Waals surface area contributed by atoms with Crippen LogP contribution in [0.2, 0.25) is 0 Å². The van der Waals surface area contributed by atoms with Crippen LogP contribution in [0.4, 0.5) is 20.5 Å². The number of rotatable bonds is 5. The Morgan fingerprint density at radius 1 is 1.07 bits per heavy atom. The molecular weight excluding hydrogens is 354 g/mol. The summed E-state index contributed by atoms with van der Waals surface area (Å²) >= 11 is 0. The molecule has 140 valence electrons. The van der Waals surface area contributed by atoms with Gasteiger partial charge in [0.1, 0.15) is 16.9 Å². The lowest BCUT2D eigenvalue weighted by Gasteiger charge is -2.09. The number of fused-ring (bicyclic) bond motifs is 2. The average Bonchev–Trinajstić information content (AvgIpc) is 3.21. The van der Waals surface area contributed by atoms with E-state index >= 15 is 0 Å². The molecule has 0 radical (unpaired) electrons. The summed E-state index contributed by atoms with van der Waals surface area (Å²) in [6, 6.07) is 5.49. The van der Waals surface area contributed by atoms with Gasteiger partial charge in [-0.15, -0.1) is 5.10 Å². The highest BCUT2D eigenvalue weighted by Gasteiger charge is 2.17. The van der Waals surface area contributed by atoms with Crippen molar-refractivity contribution < 1.29 is 8.78 Å². The Kier molecular flexibility index (Phi) is 4.09. The van der Waals surface area contributed by atoms with Crippen molar-refractivity contribution in [2.75, 3.05) is 24.7 Å². The van der Waals surface area contributed by atoms with Gasteiger partial charge in [-0.25, -0.2) is 23.3 Å². The van der Waals surface area contributed by atoms with Crippen molar-refractivity contribution in [1.29, 1.82) is 0 Å². The Hall–Kier alpha value is -3.30. The zero-order valence-electron chi connectivity index (χ0n) is 15.0. The number of hydrogen-bond acceptors (Lipinski definition) is 6. The van der Waals surface area contributed by atoms with E-state index in [2.05, 4.69) is 30.7 Å². The van der Waals surface area contributed by atoms with E-state index < -0.39 is 13.0 Å². The van der Waals surface area contributed by atoms with E-state index in [1.165, 1.54) is 4.57 Å². The van der Waals surface area contributed by atoms with Crippen molar-refractivity contribution in [3.63, 3.8) is 0 Å². The number of alkyl halides is 2. The predicted octanol–water partition coefficient (Wildman–Crippen LogP) is 2.80. The highest BCUT2D eigenvalue weighted by molar-refractivity contribution is 5.89. The molecule has 0 unspecified atom stereocenters. The van der Waals surface area contributed by atoms with Gasteiger partial charge < -0.3 is 15.2 Å². The molecule has 8 nitrogen and oxygen atoms in total. The second-order valence-electron chi connectivity index (χ2n) is 6.01. The van der Waals surface area contributed by atoms with E-state index in [0.29, 0.717) is 34.4 Å². The molecule has 0 saturated heterocycles. The molecule has 10 heteroatoms. The highest BCUT2D eigenvalue weighted by Crippen LogP contribution is 2.30. The number of imidazole rings is 1. The minimum atomic E-state index is -2.48. The van der Waals surface area contributed by atoms with Gasteiger partial charge in [0, 0.05) is 25.9 Å². The van der Waals surface area contributed by atoms with E-state index in [4.69, 9.17) is 0 Å². The fourth-order valence-electron chi connectivity index (χ4n) is 3.13. The molecule has 4 aromatic heterocycles. The first-order chi connectivity index (χ1) is 13.0. The standard InChI is InChI=1S/C17H18F2N8/c1-9-22-12-5-4-11(23-16(12)26(9)8-13(18)19)10-6-7-27-14(10)15(20-2)24-17(21-3)25-27/h4-7,13H,8H2,1-3H3,(H2,20,21,24,25). The summed E-state index contributed by atoms with van der Waals surface area (Å²) in [4.78, 5) is 13.4. The van der Waals surface area contributed by atoms with Gasteiger partial charge in [0.15, 0.2) is 11.5 Å². The molecule has 0 fully saturated rings. The Morgan fingerprint density at radius 2 is 1.89 bits per heavy atom. The summed E-state index contributed by atoms with van der Waals surface area (Å²) in [5.74, 6) is 1.62. The normalized spacial score (nSPS) is 11.6. The average molecular weight is 372 g/mol. The van der Waals surface area contributed by atoms with Crippen LogP contribution < -0.4 is 10.6 Å². The Balaban J connectivity index is 1.92. The fourth-order valence-corrected chi connectivity index (χ4v) is 3.13. The topological polar surface area (TPSA) is 85.0 Å². The van der Waals surface area contributed by atoms with E-state index in [9.17, 15) is 8.78 Å². The highest BCUT2D eigenvalue weighted by atomic mass is 19.3. The Morgan fingerprint density at radius 3 is 2.59 bits per heavy atom. The monoisotopic (exact) mass is 372 g/mol. The third-order valence-corrected chi connectivity index (χ3v) is 4.35. The van der Waals surface area contributed by atoms with Crippen molar-refractivity contribution in [2.24, 2.45) is 0 Å². The minimum absolute atomic E-state index is 0.434. The van der Waals surface area contributed by atoms with Gasteiger partial charge in [0.25, 0.3) is 6.43 Å². The van der Waals surface area contributed by atoms with Crippen molar-refractivity contribution in [2.45, 2.75) is 19.9 Å². The van der Waals surface area contributed by atoms with Crippen LogP contribution in [0.15, 0.2) is 24.4 Å². The lowest BCUT2D eigenvalue weighted by atomic mass is 10.2. The lowest BCUT2D eigenvalue weighted by molar-refractivity contribution is 0.127. The van der Waals surface area contributed by atoms with E-state index in [-0.39, 0.29) is 0 Å². The molecule has 0 aromatic carbocycles. The largest absolute Gasteiger partial charge is 0.371 e. The minimum Gasteiger partial charge on any atom is -0.371 e. The van der Waals surface area contributed by atoms with Crippen molar-refractivity contribution in [3.05, 3.63) is 30.2 Å². The van der Waals surface area contributed by atoms with Crippen LogP contribution in [0.3, 0.4) is 0 Å². The Bertz CT molecular complexity index is 1130. The van der Waals surface area contributed by atoms with Crippen molar-refractivity contribution in [1.82, 2.24) is 29.1 Å². The van der Waals surface area contributed by atoms with Gasteiger partial charge in [-0.3, -0.25) is 0 Å². The van der Waals surface area contributed by atoms with Gasteiger partial charge in [-0.2, -0.15) is 4.98 Å². The lowest BCUT2D eigenvalue weighted by Crippen LogP contribution is -2.09. The molecule has 0 aliphatic heterocycles. The number of nitrogens with one attached hydrogen (secondary N) is 2. The van der Waals surface area contributed by atoms with Crippen LogP contribution in [-0.4, -0.2) is 49.7 Å². The molecule has 4 aromatic rings. The molecule has 0 aliphatic carbocycles.